The van der Waals surface area contributed by atoms with Crippen molar-refractivity contribution in [3.05, 3.63) is 0 Å². The number of ether oxygens (including phenoxy) is 2. The maximum absolute atomic E-state index is 11.9. The molecule has 0 amide bonds. The lowest BCUT2D eigenvalue weighted by atomic mass is 10.1. The van der Waals surface area contributed by atoms with Crippen LogP contribution >= 0.6 is 24.0 Å². The lowest BCUT2D eigenvalue weighted by molar-refractivity contribution is -0.0320. The van der Waals surface area contributed by atoms with Gasteiger partial charge in [-0.3, -0.25) is 4.99 Å². The first-order chi connectivity index (χ1) is 12.5. The average Bonchev–Trinajstić information content (AvgIpc) is 2.68. The van der Waals surface area contributed by atoms with Gasteiger partial charge in [0.2, 0.25) is 10.0 Å². The summed E-state index contributed by atoms with van der Waals surface area (Å²) in [4.78, 5) is 4.26. The molecule has 0 spiro atoms. The first kappa shape index (κ1) is 24.9. The maximum Gasteiger partial charge on any atom is 0.213 e. The molecule has 0 aromatic heterocycles. The SMILES string of the molecule is CCS(=O)(=O)N1CCC(NC(=NC)NCCCOC2CCOCC2)CC1.I. The van der Waals surface area contributed by atoms with Gasteiger partial charge in [-0.05, 0) is 39.0 Å². The minimum absolute atomic E-state index is 0. The summed E-state index contributed by atoms with van der Waals surface area (Å²) in [6.45, 7) is 5.98. The van der Waals surface area contributed by atoms with E-state index in [9.17, 15) is 8.42 Å². The van der Waals surface area contributed by atoms with Crippen LogP contribution in [0.15, 0.2) is 4.99 Å². The molecule has 0 radical (unpaired) electrons. The largest absolute Gasteiger partial charge is 0.381 e. The molecule has 2 saturated heterocycles. The number of guanidine groups is 1. The second-order valence-corrected chi connectivity index (χ2v) is 9.01. The van der Waals surface area contributed by atoms with E-state index in [1.54, 1.807) is 18.3 Å². The molecule has 0 saturated carbocycles. The summed E-state index contributed by atoms with van der Waals surface area (Å²) >= 11 is 0. The van der Waals surface area contributed by atoms with Crippen molar-refractivity contribution in [1.29, 1.82) is 0 Å². The first-order valence-electron chi connectivity index (χ1n) is 9.69. The second-order valence-electron chi connectivity index (χ2n) is 6.75. The molecule has 10 heteroatoms. The first-order valence-corrected chi connectivity index (χ1v) is 11.3. The highest BCUT2D eigenvalue weighted by molar-refractivity contribution is 14.0. The van der Waals surface area contributed by atoms with Crippen molar-refractivity contribution in [2.45, 2.75) is 51.2 Å². The van der Waals surface area contributed by atoms with E-state index in [4.69, 9.17) is 9.47 Å². The van der Waals surface area contributed by atoms with Gasteiger partial charge in [0.15, 0.2) is 5.96 Å². The molecule has 0 bridgehead atoms. The minimum Gasteiger partial charge on any atom is -0.381 e. The molecule has 0 atom stereocenters. The van der Waals surface area contributed by atoms with Crippen molar-refractivity contribution < 1.29 is 17.9 Å². The van der Waals surface area contributed by atoms with Gasteiger partial charge in [-0.25, -0.2) is 12.7 Å². The molecule has 0 aromatic rings. The van der Waals surface area contributed by atoms with Crippen molar-refractivity contribution in [1.82, 2.24) is 14.9 Å². The topological polar surface area (TPSA) is 92.3 Å². The molecule has 2 aliphatic heterocycles. The van der Waals surface area contributed by atoms with Gasteiger partial charge >= 0.3 is 0 Å². The molecule has 0 aromatic carbocycles. The zero-order chi connectivity index (χ0) is 18.8. The highest BCUT2D eigenvalue weighted by Crippen LogP contribution is 2.14. The molecule has 2 fully saturated rings. The van der Waals surface area contributed by atoms with Gasteiger partial charge in [0.05, 0.1) is 11.9 Å². The Kier molecular flexibility index (Phi) is 12.1. The number of aliphatic imine (C=N–C) groups is 1. The van der Waals surface area contributed by atoms with Crippen molar-refractivity contribution in [3.63, 3.8) is 0 Å². The van der Waals surface area contributed by atoms with E-state index in [-0.39, 0.29) is 35.8 Å². The van der Waals surface area contributed by atoms with Crippen LogP contribution in [0.3, 0.4) is 0 Å². The van der Waals surface area contributed by atoms with Crippen LogP contribution in [0.4, 0.5) is 0 Å². The summed E-state index contributed by atoms with van der Waals surface area (Å²) in [5.41, 5.74) is 0. The van der Waals surface area contributed by atoms with Gasteiger partial charge in [0, 0.05) is 52.5 Å². The Balaban J connectivity index is 0.00000364. The van der Waals surface area contributed by atoms with Crippen LogP contribution in [0.1, 0.15) is 39.0 Å². The number of sulfonamides is 1. The molecule has 160 valence electrons. The second kappa shape index (κ2) is 13.1. The highest BCUT2D eigenvalue weighted by atomic mass is 127. The van der Waals surface area contributed by atoms with Crippen LogP contribution in [0.5, 0.6) is 0 Å². The van der Waals surface area contributed by atoms with Gasteiger partial charge in [-0.15, -0.1) is 24.0 Å². The van der Waals surface area contributed by atoms with E-state index in [0.717, 1.165) is 64.4 Å². The number of nitrogens with one attached hydrogen (secondary N) is 2. The number of halogens is 1. The fraction of sp³-hybridized carbons (Fsp3) is 0.941. The quantitative estimate of drug-likeness (QED) is 0.217. The predicted octanol–water partition coefficient (Wildman–Crippen LogP) is 1.17. The maximum atomic E-state index is 11.9. The normalized spacial score (nSPS) is 20.9. The van der Waals surface area contributed by atoms with Gasteiger partial charge in [0.1, 0.15) is 0 Å². The zero-order valence-corrected chi connectivity index (χ0v) is 19.6. The highest BCUT2D eigenvalue weighted by Gasteiger charge is 2.26. The molecular weight excluding hydrogens is 483 g/mol. The lowest BCUT2D eigenvalue weighted by Crippen LogP contribution is -2.50. The Morgan fingerprint density at radius 1 is 1.22 bits per heavy atom. The fourth-order valence-corrected chi connectivity index (χ4v) is 4.35. The summed E-state index contributed by atoms with van der Waals surface area (Å²) in [5, 5.41) is 6.71. The van der Waals surface area contributed by atoms with Crippen LogP contribution in [0.2, 0.25) is 0 Å². The zero-order valence-electron chi connectivity index (χ0n) is 16.5. The van der Waals surface area contributed by atoms with E-state index in [2.05, 4.69) is 15.6 Å². The third-order valence-corrected chi connectivity index (χ3v) is 6.79. The fourth-order valence-electron chi connectivity index (χ4n) is 3.22. The van der Waals surface area contributed by atoms with Crippen molar-refractivity contribution >= 4 is 40.0 Å². The van der Waals surface area contributed by atoms with Crippen molar-refractivity contribution in [3.8, 4) is 0 Å². The van der Waals surface area contributed by atoms with E-state index in [1.807, 2.05) is 0 Å². The standard InChI is InChI=1S/C17H34N4O4S.HI/c1-3-26(22,23)21-10-5-15(6-11-21)20-17(18-2)19-9-4-12-25-16-7-13-24-14-8-16;/h15-16H,3-14H2,1-2H3,(H2,18,19,20);1H. The molecule has 2 N–H and O–H groups in total. The van der Waals surface area contributed by atoms with Crippen molar-refractivity contribution in [2.75, 3.05) is 52.3 Å². The Hall–Kier alpha value is -0.170. The molecule has 2 heterocycles. The predicted molar refractivity (Wildman–Crippen MR) is 118 cm³/mol. The lowest BCUT2D eigenvalue weighted by Gasteiger charge is -2.32. The third kappa shape index (κ3) is 8.80. The Morgan fingerprint density at radius 3 is 2.48 bits per heavy atom. The molecule has 8 nitrogen and oxygen atoms in total. The van der Waals surface area contributed by atoms with Crippen molar-refractivity contribution in [2.24, 2.45) is 4.99 Å². The van der Waals surface area contributed by atoms with Crippen LogP contribution < -0.4 is 10.6 Å². The number of hydrogen-bond donors (Lipinski definition) is 2. The van der Waals surface area contributed by atoms with Gasteiger partial charge in [-0.1, -0.05) is 0 Å². The van der Waals surface area contributed by atoms with Crippen LogP contribution in [-0.2, 0) is 19.5 Å². The molecule has 0 aliphatic carbocycles. The molecule has 0 unspecified atom stereocenters. The summed E-state index contributed by atoms with van der Waals surface area (Å²) < 4.78 is 36.6. The molecule has 27 heavy (non-hydrogen) atoms. The monoisotopic (exact) mass is 518 g/mol. The average molecular weight is 518 g/mol. The van der Waals surface area contributed by atoms with Gasteiger partial charge < -0.3 is 20.1 Å². The van der Waals surface area contributed by atoms with Crippen LogP contribution in [-0.4, -0.2) is 83.1 Å². The van der Waals surface area contributed by atoms with Gasteiger partial charge in [0.25, 0.3) is 0 Å². The molecule has 2 rings (SSSR count). The molecular formula is C17H35IN4O4S. The Bertz CT molecular complexity index is 533. The smallest absolute Gasteiger partial charge is 0.213 e. The number of nitrogens with zero attached hydrogens (tertiary/aromatic N) is 2. The van der Waals surface area contributed by atoms with Crippen LogP contribution in [0, 0.1) is 0 Å². The van der Waals surface area contributed by atoms with E-state index >= 15 is 0 Å². The minimum atomic E-state index is -3.07. The van der Waals surface area contributed by atoms with E-state index in [0.29, 0.717) is 19.2 Å². The van der Waals surface area contributed by atoms with E-state index < -0.39 is 10.0 Å². The van der Waals surface area contributed by atoms with Gasteiger partial charge in [-0.2, -0.15) is 0 Å². The molecule has 2 aliphatic rings. The Morgan fingerprint density at radius 2 is 1.89 bits per heavy atom. The third-order valence-electron chi connectivity index (χ3n) is 4.91. The summed E-state index contributed by atoms with van der Waals surface area (Å²) in [5.74, 6) is 0.942. The number of hydrogen-bond acceptors (Lipinski definition) is 5. The summed E-state index contributed by atoms with van der Waals surface area (Å²) in [6, 6.07) is 0.253. The number of piperidine rings is 1. The Labute approximate surface area is 180 Å². The summed E-state index contributed by atoms with van der Waals surface area (Å²) in [6.07, 6.45) is 4.84. The summed E-state index contributed by atoms with van der Waals surface area (Å²) in [7, 11) is -1.32. The van der Waals surface area contributed by atoms with Crippen LogP contribution in [0.25, 0.3) is 0 Å². The number of rotatable bonds is 8. The van der Waals surface area contributed by atoms with E-state index in [1.165, 1.54) is 0 Å².